The smallest absolute Gasteiger partial charge is 0.355 e. The van der Waals surface area contributed by atoms with E-state index >= 15 is 0 Å². The molecule has 10 rings (SSSR count). The average molecular weight is 662 g/mol. The van der Waals surface area contributed by atoms with Crippen molar-refractivity contribution in [2.75, 3.05) is 16.8 Å². The van der Waals surface area contributed by atoms with E-state index in [1.807, 2.05) is 54.3 Å². The van der Waals surface area contributed by atoms with Crippen LogP contribution in [0, 0.1) is 18.3 Å². The van der Waals surface area contributed by atoms with Gasteiger partial charge in [0.1, 0.15) is 16.2 Å². The molecule has 12 heteroatoms. The topological polar surface area (TPSA) is 135 Å². The maximum absolute atomic E-state index is 13.5. The Morgan fingerprint density at radius 1 is 1.06 bits per heavy atom. The van der Waals surface area contributed by atoms with E-state index < -0.39 is 5.97 Å². The number of carboxylic acid groups (broad SMARTS) is 1. The second kappa shape index (κ2) is 11.2. The molecule has 244 valence electrons. The quantitative estimate of drug-likeness (QED) is 0.212. The van der Waals surface area contributed by atoms with Gasteiger partial charge in [-0.25, -0.2) is 19.7 Å². The second-order valence-electron chi connectivity index (χ2n) is 13.9. The first-order valence-corrected chi connectivity index (χ1v) is 17.4. The molecule has 2 saturated heterocycles. The number of fused-ring (bicyclic) bond motifs is 2. The summed E-state index contributed by atoms with van der Waals surface area (Å²) in [4.78, 5) is 42.5. The Bertz CT molecular complexity index is 2040. The van der Waals surface area contributed by atoms with Gasteiger partial charge in [-0.1, -0.05) is 23.5 Å². The van der Waals surface area contributed by atoms with Gasteiger partial charge in [-0.3, -0.25) is 14.8 Å². The molecule has 3 aliphatic heterocycles. The average Bonchev–Trinajstić information content (AvgIpc) is 3.65. The van der Waals surface area contributed by atoms with Crippen LogP contribution in [0.15, 0.2) is 54.9 Å². The zero-order valence-electron chi connectivity index (χ0n) is 26.6. The molecule has 48 heavy (non-hydrogen) atoms. The van der Waals surface area contributed by atoms with Crippen molar-refractivity contribution in [2.45, 2.75) is 70.7 Å². The van der Waals surface area contributed by atoms with Crippen molar-refractivity contribution in [2.24, 2.45) is 11.3 Å². The van der Waals surface area contributed by atoms with Gasteiger partial charge in [0.25, 0.3) is 5.91 Å². The third-order valence-corrected chi connectivity index (χ3v) is 11.7. The van der Waals surface area contributed by atoms with Crippen LogP contribution in [0.3, 0.4) is 0 Å². The summed E-state index contributed by atoms with van der Waals surface area (Å²) in [7, 11) is 0. The Kier molecular flexibility index (Phi) is 6.87. The molecule has 4 fully saturated rings. The highest BCUT2D eigenvalue weighted by atomic mass is 32.1. The van der Waals surface area contributed by atoms with Crippen molar-refractivity contribution in [1.82, 2.24) is 24.7 Å². The monoisotopic (exact) mass is 661 g/mol. The number of amides is 1. The molecule has 7 heterocycles. The maximum Gasteiger partial charge on any atom is 0.355 e. The fourth-order valence-electron chi connectivity index (χ4n) is 8.84. The van der Waals surface area contributed by atoms with Crippen molar-refractivity contribution in [3.8, 4) is 11.1 Å². The van der Waals surface area contributed by atoms with Gasteiger partial charge in [0.15, 0.2) is 10.8 Å². The van der Waals surface area contributed by atoms with Crippen LogP contribution in [0.4, 0.5) is 10.9 Å². The highest BCUT2D eigenvalue weighted by Crippen LogP contribution is 2.56. The number of hydrogen-bond donors (Lipinski definition) is 2. The standard InChI is InChI=1S/C36H35N7O4S/c1-20-27(17-38-43(20)19-36-14-21-12-23(15-36)47-24(13-21)16-36)25-7-8-30(40-31(25)34(45)46)42-11-9-22-4-2-5-26(28(22)18-42)32(44)41-35-39-29-6-3-10-37-33(29)48-35/h2-8,10,17,21,23-24H,9,11-16,18-19H2,1H3,(H,45,46)(H,39,41,44). The molecule has 2 aliphatic carbocycles. The largest absolute Gasteiger partial charge is 0.476 e. The number of nitrogens with one attached hydrogen (secondary N) is 1. The van der Waals surface area contributed by atoms with Crippen LogP contribution in [0.5, 0.6) is 0 Å². The van der Waals surface area contributed by atoms with Gasteiger partial charge in [-0.15, -0.1) is 0 Å². The molecule has 4 aromatic heterocycles. The van der Waals surface area contributed by atoms with Crippen molar-refractivity contribution < 1.29 is 19.4 Å². The fourth-order valence-corrected chi connectivity index (χ4v) is 9.65. The van der Waals surface area contributed by atoms with Gasteiger partial charge in [0, 0.05) is 48.2 Å². The number of rotatable bonds is 7. The molecule has 5 aromatic rings. The molecule has 4 bridgehead atoms. The molecule has 11 nitrogen and oxygen atoms in total. The summed E-state index contributed by atoms with van der Waals surface area (Å²) in [6, 6.07) is 13.2. The lowest BCUT2D eigenvalue weighted by molar-refractivity contribution is -0.194. The zero-order valence-corrected chi connectivity index (χ0v) is 27.4. The van der Waals surface area contributed by atoms with E-state index in [2.05, 4.69) is 20.0 Å². The Labute approximate surface area is 281 Å². The van der Waals surface area contributed by atoms with Gasteiger partial charge in [-0.05, 0) is 98.2 Å². The fraction of sp³-hybridized carbons (Fsp3) is 0.389. The van der Waals surface area contributed by atoms with Crippen molar-refractivity contribution in [1.29, 1.82) is 0 Å². The second-order valence-corrected chi connectivity index (χ2v) is 14.9. The molecule has 1 aromatic carbocycles. The highest BCUT2D eigenvalue weighted by Gasteiger charge is 2.52. The third-order valence-electron chi connectivity index (χ3n) is 10.8. The van der Waals surface area contributed by atoms with Crippen LogP contribution in [-0.4, -0.2) is 60.5 Å². The summed E-state index contributed by atoms with van der Waals surface area (Å²) in [5.74, 6) is -0.0194. The minimum Gasteiger partial charge on any atom is -0.476 e. The van der Waals surface area contributed by atoms with E-state index in [9.17, 15) is 14.7 Å². The van der Waals surface area contributed by atoms with Gasteiger partial charge in [-0.2, -0.15) is 5.10 Å². The van der Waals surface area contributed by atoms with E-state index in [0.29, 0.717) is 53.8 Å². The first-order valence-electron chi connectivity index (χ1n) is 16.6. The van der Waals surface area contributed by atoms with Gasteiger partial charge in [0.05, 0.1) is 18.4 Å². The van der Waals surface area contributed by atoms with E-state index in [-0.39, 0.29) is 17.0 Å². The van der Waals surface area contributed by atoms with Crippen LogP contribution < -0.4 is 10.2 Å². The number of carbonyl (C=O) groups is 2. The highest BCUT2D eigenvalue weighted by molar-refractivity contribution is 7.21. The zero-order chi connectivity index (χ0) is 32.6. The number of carbonyl (C=O) groups excluding carboxylic acids is 1. The first-order chi connectivity index (χ1) is 23.3. The van der Waals surface area contributed by atoms with Crippen molar-refractivity contribution in [3.63, 3.8) is 0 Å². The molecule has 2 atom stereocenters. The van der Waals surface area contributed by atoms with Crippen LogP contribution in [0.1, 0.15) is 69.8 Å². The summed E-state index contributed by atoms with van der Waals surface area (Å²) in [6.07, 6.45) is 10.7. The van der Waals surface area contributed by atoms with Crippen molar-refractivity contribution >= 4 is 44.5 Å². The third kappa shape index (κ3) is 5.05. The number of anilines is 2. The van der Waals surface area contributed by atoms with Gasteiger partial charge < -0.3 is 14.7 Å². The van der Waals surface area contributed by atoms with Gasteiger partial charge >= 0.3 is 5.97 Å². The Balaban J connectivity index is 0.970. The van der Waals surface area contributed by atoms with E-state index in [1.54, 1.807) is 12.4 Å². The Morgan fingerprint density at radius 3 is 2.71 bits per heavy atom. The molecule has 1 amide bonds. The van der Waals surface area contributed by atoms with E-state index in [0.717, 1.165) is 58.0 Å². The van der Waals surface area contributed by atoms with Crippen LogP contribution in [-0.2, 0) is 24.2 Å². The molecule has 5 aliphatic rings. The van der Waals surface area contributed by atoms with Crippen LogP contribution in [0.25, 0.3) is 21.5 Å². The summed E-state index contributed by atoms with van der Waals surface area (Å²) in [6.45, 7) is 3.94. The number of hydrogen-bond acceptors (Lipinski definition) is 9. The number of thiazole rings is 1. The lowest BCUT2D eigenvalue weighted by atomic mass is 9.58. The Morgan fingerprint density at radius 2 is 1.92 bits per heavy atom. The molecular weight excluding hydrogens is 627 g/mol. The van der Waals surface area contributed by atoms with Gasteiger partial charge in [0.2, 0.25) is 0 Å². The number of carboxylic acids is 1. The minimum absolute atomic E-state index is 0.000347. The Hall–Kier alpha value is -4.68. The molecular formula is C36H35N7O4S. The number of aromatic nitrogens is 5. The summed E-state index contributed by atoms with van der Waals surface area (Å²) < 4.78 is 8.31. The molecule has 0 radical (unpaired) electrons. The number of ether oxygens (including phenoxy) is 1. The predicted octanol–water partition coefficient (Wildman–Crippen LogP) is 6.12. The lowest BCUT2D eigenvalue weighted by Gasteiger charge is -2.56. The molecule has 2 unspecified atom stereocenters. The first kappa shape index (κ1) is 29.5. The molecule has 2 saturated carbocycles. The maximum atomic E-state index is 13.5. The van der Waals surface area contributed by atoms with E-state index in [1.165, 1.54) is 30.6 Å². The number of pyridine rings is 2. The summed E-state index contributed by atoms with van der Waals surface area (Å²) >= 11 is 1.33. The van der Waals surface area contributed by atoms with Crippen molar-refractivity contribution in [3.05, 3.63) is 82.9 Å². The van der Waals surface area contributed by atoms with Crippen LogP contribution in [0.2, 0.25) is 0 Å². The van der Waals surface area contributed by atoms with Crippen LogP contribution >= 0.6 is 11.3 Å². The number of nitrogens with zero attached hydrogens (tertiary/aromatic N) is 6. The lowest BCUT2D eigenvalue weighted by Crippen LogP contribution is -2.53. The molecule has 0 spiro atoms. The number of benzene rings is 1. The number of aromatic carboxylic acids is 1. The summed E-state index contributed by atoms with van der Waals surface area (Å²) in [5.41, 5.74) is 5.80. The SMILES string of the molecule is Cc1c(-c2ccc(N3CCc4cccc(C(=O)Nc5nc6cccnc6s5)c4C3)nc2C(=O)O)cnn1CC12CC3CC(C1)OC(C3)C2. The van der Waals surface area contributed by atoms with E-state index in [4.69, 9.17) is 14.8 Å². The summed E-state index contributed by atoms with van der Waals surface area (Å²) in [5, 5.41) is 18.6. The normalized spacial score (nSPS) is 24.2. The molecule has 2 N–H and O–H groups in total. The minimum atomic E-state index is -1.08. The predicted molar refractivity (Wildman–Crippen MR) is 181 cm³/mol.